The fourth-order valence-corrected chi connectivity index (χ4v) is 2.29. The van der Waals surface area contributed by atoms with Crippen molar-refractivity contribution >= 4 is 12.0 Å². The first-order chi connectivity index (χ1) is 11.3. The average Bonchev–Trinajstić information content (AvgIpc) is 2.53. The Kier molecular flexibility index (Phi) is 3.92. The second-order valence-electron chi connectivity index (χ2n) is 5.06. The summed E-state index contributed by atoms with van der Waals surface area (Å²) in [5, 5.41) is 9.02. The van der Waals surface area contributed by atoms with Crippen molar-refractivity contribution in [2.75, 3.05) is 0 Å². The largest absolute Gasteiger partial charge is 0.478 e. The third-order valence-corrected chi connectivity index (χ3v) is 3.34. The first-order valence-corrected chi connectivity index (χ1v) is 6.90. The predicted molar refractivity (Wildman–Crippen MR) is 79.0 cm³/mol. The molecule has 3 rings (SSSR count). The SMILES string of the molecule is O=C(O)C1=Cc2cc(Oc3ccccc3)ccc2O[C@@H]1C(F)(F)F. The molecule has 0 fully saturated rings. The van der Waals surface area contributed by atoms with E-state index >= 15 is 0 Å². The summed E-state index contributed by atoms with van der Waals surface area (Å²) in [6.07, 6.45) is -6.36. The zero-order valence-corrected chi connectivity index (χ0v) is 12.1. The van der Waals surface area contributed by atoms with Gasteiger partial charge in [-0.05, 0) is 36.4 Å². The molecular weight excluding hydrogens is 325 g/mol. The highest BCUT2D eigenvalue weighted by Crippen LogP contribution is 2.39. The van der Waals surface area contributed by atoms with E-state index in [1.807, 2.05) is 6.07 Å². The Morgan fingerprint density at radius 2 is 1.79 bits per heavy atom. The smallest absolute Gasteiger partial charge is 0.430 e. The van der Waals surface area contributed by atoms with Crippen molar-refractivity contribution in [2.24, 2.45) is 0 Å². The normalized spacial score (nSPS) is 16.6. The van der Waals surface area contributed by atoms with Crippen molar-refractivity contribution in [1.29, 1.82) is 0 Å². The number of ether oxygens (including phenoxy) is 2. The Balaban J connectivity index is 1.95. The van der Waals surface area contributed by atoms with E-state index in [2.05, 4.69) is 0 Å². The summed E-state index contributed by atoms with van der Waals surface area (Å²) in [6.45, 7) is 0. The predicted octanol–water partition coefficient (Wildman–Crippen LogP) is 4.27. The Morgan fingerprint density at radius 3 is 2.42 bits per heavy atom. The third-order valence-electron chi connectivity index (χ3n) is 3.34. The van der Waals surface area contributed by atoms with Crippen LogP contribution < -0.4 is 9.47 Å². The van der Waals surface area contributed by atoms with Gasteiger partial charge in [-0.15, -0.1) is 0 Å². The molecule has 124 valence electrons. The minimum absolute atomic E-state index is 0.0530. The molecule has 1 atom stereocenters. The number of rotatable bonds is 3. The van der Waals surface area contributed by atoms with Crippen LogP contribution in [-0.2, 0) is 4.79 Å². The van der Waals surface area contributed by atoms with Crippen molar-refractivity contribution < 1.29 is 32.5 Å². The average molecular weight is 336 g/mol. The topological polar surface area (TPSA) is 55.8 Å². The third kappa shape index (κ3) is 3.19. The second-order valence-corrected chi connectivity index (χ2v) is 5.06. The number of carbonyl (C=O) groups is 1. The fraction of sp³-hybridized carbons (Fsp3) is 0.118. The van der Waals surface area contributed by atoms with Crippen molar-refractivity contribution in [2.45, 2.75) is 12.3 Å². The van der Waals surface area contributed by atoms with Gasteiger partial charge >= 0.3 is 12.1 Å². The van der Waals surface area contributed by atoms with Crippen LogP contribution in [0.15, 0.2) is 54.1 Å². The molecule has 4 nitrogen and oxygen atoms in total. The minimum Gasteiger partial charge on any atom is -0.478 e. The maximum atomic E-state index is 13.0. The van der Waals surface area contributed by atoms with E-state index in [-0.39, 0.29) is 11.3 Å². The van der Waals surface area contributed by atoms with Gasteiger partial charge in [0.1, 0.15) is 17.2 Å². The van der Waals surface area contributed by atoms with E-state index in [1.54, 1.807) is 24.3 Å². The van der Waals surface area contributed by atoms with Gasteiger partial charge in [-0.1, -0.05) is 18.2 Å². The fourth-order valence-electron chi connectivity index (χ4n) is 2.29. The van der Waals surface area contributed by atoms with Gasteiger partial charge in [-0.2, -0.15) is 13.2 Å². The van der Waals surface area contributed by atoms with Crippen LogP contribution >= 0.6 is 0 Å². The van der Waals surface area contributed by atoms with Crippen LogP contribution in [0.25, 0.3) is 6.08 Å². The molecule has 1 aliphatic rings. The number of carboxylic acids is 1. The number of alkyl halides is 3. The highest BCUT2D eigenvalue weighted by Gasteiger charge is 2.48. The van der Waals surface area contributed by atoms with Crippen LogP contribution in [0, 0.1) is 0 Å². The number of halogens is 3. The van der Waals surface area contributed by atoms with Crippen molar-refractivity contribution in [3.8, 4) is 17.2 Å². The molecule has 0 saturated heterocycles. The van der Waals surface area contributed by atoms with Gasteiger partial charge in [0, 0.05) is 5.56 Å². The molecule has 1 heterocycles. The molecule has 7 heteroatoms. The molecule has 0 spiro atoms. The molecule has 2 aromatic carbocycles. The number of benzene rings is 2. The Bertz CT molecular complexity index is 797. The molecule has 0 saturated carbocycles. The van der Waals surface area contributed by atoms with Crippen LogP contribution in [0.4, 0.5) is 13.2 Å². The Labute approximate surface area is 134 Å². The Morgan fingerprint density at radius 1 is 1.08 bits per heavy atom. The second kappa shape index (κ2) is 5.92. The lowest BCUT2D eigenvalue weighted by molar-refractivity contribution is -0.187. The lowest BCUT2D eigenvalue weighted by Gasteiger charge is -2.27. The summed E-state index contributed by atoms with van der Waals surface area (Å²) in [6, 6.07) is 13.0. The van der Waals surface area contributed by atoms with E-state index in [0.717, 1.165) is 6.08 Å². The maximum Gasteiger partial charge on any atom is 0.430 e. The highest BCUT2D eigenvalue weighted by molar-refractivity contribution is 5.95. The van der Waals surface area contributed by atoms with E-state index in [4.69, 9.17) is 14.6 Å². The van der Waals surface area contributed by atoms with Crippen molar-refractivity contribution in [1.82, 2.24) is 0 Å². The van der Waals surface area contributed by atoms with Crippen LogP contribution in [0.5, 0.6) is 17.2 Å². The number of carboxylic acid groups (broad SMARTS) is 1. The highest BCUT2D eigenvalue weighted by atomic mass is 19.4. The summed E-state index contributed by atoms with van der Waals surface area (Å²) >= 11 is 0. The number of fused-ring (bicyclic) bond motifs is 1. The quantitative estimate of drug-likeness (QED) is 0.909. The van der Waals surface area contributed by atoms with Crippen molar-refractivity contribution in [3.05, 3.63) is 59.7 Å². The van der Waals surface area contributed by atoms with E-state index < -0.39 is 23.8 Å². The molecule has 0 amide bonds. The minimum atomic E-state index is -4.82. The molecule has 0 bridgehead atoms. The zero-order valence-electron chi connectivity index (χ0n) is 12.1. The summed E-state index contributed by atoms with van der Waals surface area (Å²) in [7, 11) is 0. The van der Waals surface area contributed by atoms with Crippen LogP contribution in [0.1, 0.15) is 5.56 Å². The van der Waals surface area contributed by atoms with Crippen LogP contribution in [-0.4, -0.2) is 23.4 Å². The molecule has 0 unspecified atom stereocenters. The molecule has 1 aliphatic heterocycles. The van der Waals surface area contributed by atoms with Gasteiger partial charge in [0.25, 0.3) is 0 Å². The molecular formula is C17H11F3O4. The summed E-state index contributed by atoms with van der Waals surface area (Å²) in [5.41, 5.74) is -0.659. The van der Waals surface area contributed by atoms with Crippen molar-refractivity contribution in [3.63, 3.8) is 0 Å². The molecule has 0 aromatic heterocycles. The van der Waals surface area contributed by atoms with Gasteiger partial charge in [0.05, 0.1) is 5.57 Å². The van der Waals surface area contributed by atoms with Crippen LogP contribution in [0.3, 0.4) is 0 Å². The lowest BCUT2D eigenvalue weighted by Crippen LogP contribution is -2.40. The van der Waals surface area contributed by atoms with Gasteiger partial charge < -0.3 is 14.6 Å². The summed E-state index contributed by atoms with van der Waals surface area (Å²) in [4.78, 5) is 11.1. The van der Waals surface area contributed by atoms with E-state index in [0.29, 0.717) is 11.5 Å². The number of para-hydroxylation sites is 1. The molecule has 1 N–H and O–H groups in total. The molecule has 24 heavy (non-hydrogen) atoms. The van der Waals surface area contributed by atoms with Gasteiger partial charge in [0.15, 0.2) is 0 Å². The van der Waals surface area contributed by atoms with Crippen LogP contribution in [0.2, 0.25) is 0 Å². The number of aliphatic carboxylic acids is 1. The number of hydrogen-bond donors (Lipinski definition) is 1. The summed E-state index contributed by atoms with van der Waals surface area (Å²) < 4.78 is 49.3. The number of hydrogen-bond acceptors (Lipinski definition) is 3. The van der Waals surface area contributed by atoms with Gasteiger partial charge in [0.2, 0.25) is 6.10 Å². The zero-order chi connectivity index (χ0) is 17.3. The molecule has 2 aromatic rings. The Hall–Kier alpha value is -2.96. The monoisotopic (exact) mass is 336 g/mol. The first-order valence-electron chi connectivity index (χ1n) is 6.90. The molecule has 0 radical (unpaired) electrons. The first kappa shape index (κ1) is 15.9. The van der Waals surface area contributed by atoms with E-state index in [9.17, 15) is 18.0 Å². The lowest BCUT2D eigenvalue weighted by atomic mass is 10.0. The maximum absolute atomic E-state index is 13.0. The summed E-state index contributed by atoms with van der Waals surface area (Å²) in [5.74, 6) is -0.833. The van der Waals surface area contributed by atoms with Gasteiger partial charge in [-0.3, -0.25) is 0 Å². The van der Waals surface area contributed by atoms with Gasteiger partial charge in [-0.25, -0.2) is 4.79 Å². The standard InChI is InChI=1S/C17H11F3O4/c18-17(19,20)15-13(16(21)22)9-10-8-12(6-7-14(10)24-15)23-11-4-2-1-3-5-11/h1-9,15H,(H,21,22)/t15-/m0/s1. The van der Waals surface area contributed by atoms with E-state index in [1.165, 1.54) is 18.2 Å². The molecule has 0 aliphatic carbocycles.